The fourth-order valence-electron chi connectivity index (χ4n) is 2.83. The molecule has 3 rings (SSSR count). The largest absolute Gasteiger partial charge is 0.507 e. The lowest BCUT2D eigenvalue weighted by molar-refractivity contribution is 0.176. The number of hydrogen-bond acceptors (Lipinski definition) is 5. The maximum absolute atomic E-state index is 10.0. The van der Waals surface area contributed by atoms with E-state index < -0.39 is 0 Å². The van der Waals surface area contributed by atoms with Crippen molar-refractivity contribution in [3.8, 4) is 22.9 Å². The second-order valence-corrected chi connectivity index (χ2v) is 6.24. The fraction of sp³-hybridized carbons (Fsp3) is 0.364. The van der Waals surface area contributed by atoms with Crippen molar-refractivity contribution in [1.82, 2.24) is 14.8 Å². The second kappa shape index (κ2) is 10.5. The molecule has 0 aliphatic heterocycles. The van der Waals surface area contributed by atoms with E-state index in [2.05, 4.69) is 23.9 Å². The number of phenolic OH excluding ortho intramolecular Hbond substituents is 1. The molecule has 150 valence electrons. The minimum absolute atomic E-state index is 0.161. The van der Waals surface area contributed by atoms with Gasteiger partial charge in [0.1, 0.15) is 18.1 Å². The van der Waals surface area contributed by atoms with Crippen molar-refractivity contribution < 1.29 is 14.6 Å². The van der Waals surface area contributed by atoms with E-state index in [9.17, 15) is 5.11 Å². The molecule has 0 radical (unpaired) electrons. The molecule has 0 aliphatic carbocycles. The minimum atomic E-state index is 0.161. The zero-order valence-electron chi connectivity index (χ0n) is 17.2. The van der Waals surface area contributed by atoms with Gasteiger partial charge < -0.3 is 14.6 Å². The van der Waals surface area contributed by atoms with Crippen LogP contribution in [-0.2, 0) is 18.0 Å². The normalized spacial score (nSPS) is 10.5. The van der Waals surface area contributed by atoms with Gasteiger partial charge in [-0.1, -0.05) is 26.0 Å². The van der Waals surface area contributed by atoms with Crippen molar-refractivity contribution in [2.24, 2.45) is 0 Å². The Balaban J connectivity index is 0.00000136. The van der Waals surface area contributed by atoms with Crippen molar-refractivity contribution in [2.45, 2.75) is 47.0 Å². The third-order valence-corrected chi connectivity index (χ3v) is 4.07. The molecule has 0 amide bonds. The van der Waals surface area contributed by atoms with Crippen LogP contribution < -0.4 is 4.74 Å². The quantitative estimate of drug-likeness (QED) is 0.623. The molecule has 0 fully saturated rings. The summed E-state index contributed by atoms with van der Waals surface area (Å²) in [6.45, 7) is 8.77. The number of aromatic nitrogens is 3. The van der Waals surface area contributed by atoms with Crippen molar-refractivity contribution in [2.75, 3.05) is 7.11 Å². The molecule has 0 saturated carbocycles. The van der Waals surface area contributed by atoms with Crippen LogP contribution in [0.15, 0.2) is 48.8 Å². The maximum atomic E-state index is 10.0. The molecule has 0 saturated heterocycles. The number of nitrogens with zero attached hydrogens (tertiary/aromatic N) is 3. The summed E-state index contributed by atoms with van der Waals surface area (Å²) in [7, 11) is 1.59. The Bertz CT molecular complexity index is 875. The minimum Gasteiger partial charge on any atom is -0.507 e. The molecule has 28 heavy (non-hydrogen) atoms. The smallest absolute Gasteiger partial charge is 0.129 e. The van der Waals surface area contributed by atoms with Crippen molar-refractivity contribution in [3.63, 3.8) is 0 Å². The van der Waals surface area contributed by atoms with Gasteiger partial charge in [0, 0.05) is 31.1 Å². The van der Waals surface area contributed by atoms with Gasteiger partial charge in [0.2, 0.25) is 0 Å². The van der Waals surface area contributed by atoms with Crippen molar-refractivity contribution >= 4 is 0 Å². The third kappa shape index (κ3) is 4.89. The second-order valence-electron chi connectivity index (χ2n) is 6.24. The maximum Gasteiger partial charge on any atom is 0.129 e. The number of benzene rings is 1. The van der Waals surface area contributed by atoms with Crippen LogP contribution in [0.25, 0.3) is 11.4 Å². The molecule has 6 nitrogen and oxygen atoms in total. The molecule has 2 aromatic heterocycles. The number of rotatable bonds is 7. The molecular formula is C22H29N3O3. The predicted molar refractivity (Wildman–Crippen MR) is 110 cm³/mol. The van der Waals surface area contributed by atoms with Crippen LogP contribution in [0, 0.1) is 0 Å². The summed E-state index contributed by atoms with van der Waals surface area (Å²) in [6, 6.07) is 11.3. The Morgan fingerprint density at radius 3 is 2.54 bits per heavy atom. The van der Waals surface area contributed by atoms with E-state index in [1.807, 2.05) is 42.8 Å². The average Bonchev–Trinajstić information content (AvgIpc) is 3.20. The Morgan fingerprint density at radius 2 is 1.82 bits per heavy atom. The number of ether oxygens (including phenoxy) is 2. The average molecular weight is 383 g/mol. The number of pyridine rings is 1. The Kier molecular flexibility index (Phi) is 8.02. The van der Waals surface area contributed by atoms with Crippen LogP contribution in [-0.4, -0.2) is 27.0 Å². The molecule has 1 aromatic carbocycles. The Morgan fingerprint density at radius 1 is 1.04 bits per heavy atom. The first kappa shape index (κ1) is 21.4. The van der Waals surface area contributed by atoms with Gasteiger partial charge in [-0.15, -0.1) is 0 Å². The van der Waals surface area contributed by atoms with Gasteiger partial charge in [-0.05, 0) is 38.1 Å². The highest BCUT2D eigenvalue weighted by Crippen LogP contribution is 2.30. The lowest BCUT2D eigenvalue weighted by Crippen LogP contribution is -2.08. The molecule has 0 aliphatic rings. The van der Waals surface area contributed by atoms with Crippen LogP contribution in [0.2, 0.25) is 0 Å². The number of methoxy groups -OCH3 is 1. The van der Waals surface area contributed by atoms with E-state index in [0.717, 1.165) is 17.0 Å². The summed E-state index contributed by atoms with van der Waals surface area (Å²) < 4.78 is 13.1. The summed E-state index contributed by atoms with van der Waals surface area (Å²) >= 11 is 0. The lowest BCUT2D eigenvalue weighted by Gasteiger charge is -2.15. The van der Waals surface area contributed by atoms with E-state index >= 15 is 0 Å². The summed E-state index contributed by atoms with van der Waals surface area (Å²) in [6.07, 6.45) is 3.54. The topological polar surface area (TPSA) is 69.4 Å². The van der Waals surface area contributed by atoms with Crippen molar-refractivity contribution in [1.29, 1.82) is 0 Å². The molecule has 6 heteroatoms. The van der Waals surface area contributed by atoms with Gasteiger partial charge >= 0.3 is 0 Å². The first-order chi connectivity index (χ1) is 13.6. The van der Waals surface area contributed by atoms with E-state index in [4.69, 9.17) is 9.47 Å². The highest BCUT2D eigenvalue weighted by atomic mass is 16.5. The van der Waals surface area contributed by atoms with Gasteiger partial charge in [-0.25, -0.2) is 0 Å². The first-order valence-electron chi connectivity index (χ1n) is 9.52. The first-order valence-corrected chi connectivity index (χ1v) is 9.52. The molecule has 0 bridgehead atoms. The lowest BCUT2D eigenvalue weighted by atomic mass is 10.1. The molecule has 0 atom stereocenters. The van der Waals surface area contributed by atoms with Crippen LogP contribution >= 0.6 is 0 Å². The monoisotopic (exact) mass is 383 g/mol. The number of phenols is 1. The molecule has 1 N–H and O–H groups in total. The predicted octanol–water partition coefficient (Wildman–Crippen LogP) is 4.98. The van der Waals surface area contributed by atoms with Crippen molar-refractivity contribution in [3.05, 3.63) is 59.9 Å². The number of aromatic hydroxyl groups is 1. The summed E-state index contributed by atoms with van der Waals surface area (Å²) in [5.41, 5.74) is 3.37. The van der Waals surface area contributed by atoms with Gasteiger partial charge in [-0.2, -0.15) is 5.10 Å². The zero-order valence-corrected chi connectivity index (χ0v) is 17.2. The van der Waals surface area contributed by atoms with Gasteiger partial charge in [-0.3, -0.25) is 9.67 Å². The van der Waals surface area contributed by atoms with E-state index in [1.54, 1.807) is 31.6 Å². The molecule has 3 aromatic rings. The number of hydrogen-bond donors (Lipinski definition) is 1. The van der Waals surface area contributed by atoms with Crippen LogP contribution in [0.5, 0.6) is 11.5 Å². The van der Waals surface area contributed by atoms with E-state index in [0.29, 0.717) is 17.9 Å². The third-order valence-electron chi connectivity index (χ3n) is 4.07. The SMILES string of the molecule is CC.COCc1c(O)cccc1OCc1cccnc1-c1ccnn1C(C)C. The highest BCUT2D eigenvalue weighted by Gasteiger charge is 2.15. The summed E-state index contributed by atoms with van der Waals surface area (Å²) in [4.78, 5) is 4.54. The highest BCUT2D eigenvalue weighted by molar-refractivity contribution is 5.59. The molecule has 2 heterocycles. The molecule has 0 unspecified atom stereocenters. The van der Waals surface area contributed by atoms with Crippen LogP contribution in [0.4, 0.5) is 0 Å². The summed E-state index contributed by atoms with van der Waals surface area (Å²) in [5, 5.41) is 14.4. The Labute approximate surface area is 166 Å². The fourth-order valence-corrected chi connectivity index (χ4v) is 2.83. The Hall–Kier alpha value is -2.86. The molecular weight excluding hydrogens is 354 g/mol. The van der Waals surface area contributed by atoms with E-state index in [-0.39, 0.29) is 18.4 Å². The van der Waals surface area contributed by atoms with Gasteiger partial charge in [0.25, 0.3) is 0 Å². The standard InChI is InChI=1S/C20H23N3O3.C2H6/c1-14(2)23-17(9-11-22-23)20-15(6-5-10-21-20)12-26-19-8-4-7-18(24)16(19)13-25-3;1-2/h4-11,14,24H,12-13H2,1-3H3;1-2H3. The van der Waals surface area contributed by atoms with Gasteiger partial charge in [0.05, 0.1) is 23.6 Å². The van der Waals surface area contributed by atoms with Crippen LogP contribution in [0.3, 0.4) is 0 Å². The van der Waals surface area contributed by atoms with Gasteiger partial charge in [0.15, 0.2) is 0 Å². The zero-order chi connectivity index (χ0) is 20.5. The van der Waals surface area contributed by atoms with Crippen LogP contribution in [0.1, 0.15) is 44.9 Å². The molecule has 0 spiro atoms. The summed E-state index contributed by atoms with van der Waals surface area (Å²) in [5.74, 6) is 0.757. The van der Waals surface area contributed by atoms with E-state index in [1.165, 1.54) is 0 Å².